The number of nitrogens with zero attached hydrogens (tertiary/aromatic N) is 1. The van der Waals surface area contributed by atoms with E-state index in [9.17, 15) is 19.8 Å². The Balaban J connectivity index is 1.91. The van der Waals surface area contributed by atoms with Crippen LogP contribution in [0.3, 0.4) is 0 Å². The SMILES string of the molecule is O=C(CN=Cc1ccccc1O)N[C@@H](Cc1ccccc1)C(=O)O. The monoisotopic (exact) mass is 326 g/mol. The molecule has 0 saturated heterocycles. The zero-order chi connectivity index (χ0) is 17.4. The van der Waals surface area contributed by atoms with Crippen molar-refractivity contribution < 1.29 is 19.8 Å². The summed E-state index contributed by atoms with van der Waals surface area (Å²) in [4.78, 5) is 27.1. The van der Waals surface area contributed by atoms with Crippen molar-refractivity contribution in [3.63, 3.8) is 0 Å². The maximum Gasteiger partial charge on any atom is 0.326 e. The third kappa shape index (κ3) is 5.24. The van der Waals surface area contributed by atoms with Crippen molar-refractivity contribution >= 4 is 18.1 Å². The maximum atomic E-state index is 11.9. The lowest BCUT2D eigenvalue weighted by atomic mass is 10.1. The van der Waals surface area contributed by atoms with Gasteiger partial charge in [0.2, 0.25) is 5.91 Å². The number of carbonyl (C=O) groups is 2. The molecule has 2 aromatic rings. The van der Waals surface area contributed by atoms with E-state index in [1.54, 1.807) is 30.3 Å². The van der Waals surface area contributed by atoms with Crippen LogP contribution in [0, 0.1) is 0 Å². The molecule has 0 unspecified atom stereocenters. The molecule has 1 atom stereocenters. The fourth-order valence-electron chi connectivity index (χ4n) is 2.11. The van der Waals surface area contributed by atoms with E-state index in [1.165, 1.54) is 12.3 Å². The van der Waals surface area contributed by atoms with E-state index < -0.39 is 17.9 Å². The van der Waals surface area contributed by atoms with Crippen molar-refractivity contribution in [2.24, 2.45) is 4.99 Å². The molecule has 0 spiro atoms. The van der Waals surface area contributed by atoms with Crippen molar-refractivity contribution in [2.75, 3.05) is 6.54 Å². The van der Waals surface area contributed by atoms with Crippen LogP contribution < -0.4 is 5.32 Å². The zero-order valence-corrected chi connectivity index (χ0v) is 12.9. The van der Waals surface area contributed by atoms with Gasteiger partial charge in [0.15, 0.2) is 0 Å². The summed E-state index contributed by atoms with van der Waals surface area (Å²) in [7, 11) is 0. The van der Waals surface area contributed by atoms with E-state index in [1.807, 2.05) is 18.2 Å². The Morgan fingerprint density at radius 1 is 1.08 bits per heavy atom. The summed E-state index contributed by atoms with van der Waals surface area (Å²) < 4.78 is 0. The number of carboxylic acids is 1. The summed E-state index contributed by atoms with van der Waals surface area (Å²) >= 11 is 0. The molecule has 0 aromatic heterocycles. The van der Waals surface area contributed by atoms with Gasteiger partial charge in [-0.05, 0) is 17.7 Å². The summed E-state index contributed by atoms with van der Waals surface area (Å²) in [6.45, 7) is -0.215. The number of hydrogen-bond acceptors (Lipinski definition) is 4. The fraction of sp³-hybridized carbons (Fsp3) is 0.167. The van der Waals surface area contributed by atoms with E-state index in [0.717, 1.165) is 5.56 Å². The molecule has 0 heterocycles. The van der Waals surface area contributed by atoms with Crippen molar-refractivity contribution in [1.82, 2.24) is 5.32 Å². The second-order valence-corrected chi connectivity index (χ2v) is 5.18. The molecule has 2 aromatic carbocycles. The molecular weight excluding hydrogens is 308 g/mol. The van der Waals surface area contributed by atoms with Crippen LogP contribution in [-0.2, 0) is 16.0 Å². The Morgan fingerprint density at radius 2 is 1.75 bits per heavy atom. The van der Waals surface area contributed by atoms with Crippen LogP contribution in [0.4, 0.5) is 0 Å². The summed E-state index contributed by atoms with van der Waals surface area (Å²) in [6.07, 6.45) is 1.58. The van der Waals surface area contributed by atoms with Gasteiger partial charge in [-0.25, -0.2) is 4.79 Å². The predicted molar refractivity (Wildman–Crippen MR) is 90.3 cm³/mol. The molecule has 0 aliphatic carbocycles. The number of rotatable bonds is 7. The van der Waals surface area contributed by atoms with Crippen molar-refractivity contribution in [3.05, 3.63) is 65.7 Å². The molecule has 0 bridgehead atoms. The Morgan fingerprint density at radius 3 is 2.42 bits per heavy atom. The van der Waals surface area contributed by atoms with Crippen molar-refractivity contribution in [2.45, 2.75) is 12.5 Å². The lowest BCUT2D eigenvalue weighted by Gasteiger charge is -2.13. The number of aromatic hydroxyl groups is 1. The average molecular weight is 326 g/mol. The van der Waals surface area contributed by atoms with Crippen LogP contribution in [0.1, 0.15) is 11.1 Å². The second kappa shape index (κ2) is 8.47. The number of phenols is 1. The van der Waals surface area contributed by atoms with Crippen LogP contribution >= 0.6 is 0 Å². The smallest absolute Gasteiger partial charge is 0.326 e. The first-order valence-corrected chi connectivity index (χ1v) is 7.40. The Hall–Kier alpha value is -3.15. The standard InChI is InChI=1S/C18H18N2O4/c21-16-9-5-4-8-14(16)11-19-12-17(22)20-15(18(23)24)10-13-6-2-1-3-7-13/h1-9,11,15,21H,10,12H2,(H,20,22)(H,23,24)/t15-/m0/s1. The highest BCUT2D eigenvalue weighted by molar-refractivity contribution is 5.88. The van der Waals surface area contributed by atoms with Crippen LogP contribution in [0.5, 0.6) is 5.75 Å². The minimum Gasteiger partial charge on any atom is -0.507 e. The molecule has 1 amide bonds. The van der Waals surface area contributed by atoms with Gasteiger partial charge in [0.1, 0.15) is 18.3 Å². The van der Waals surface area contributed by atoms with Gasteiger partial charge < -0.3 is 15.5 Å². The first-order chi connectivity index (χ1) is 11.6. The molecule has 6 nitrogen and oxygen atoms in total. The molecule has 3 N–H and O–H groups in total. The second-order valence-electron chi connectivity index (χ2n) is 5.18. The Kier molecular flexibility index (Phi) is 6.08. The molecule has 0 aliphatic rings. The number of aliphatic carboxylic acids is 1. The molecular formula is C18H18N2O4. The fourth-order valence-corrected chi connectivity index (χ4v) is 2.11. The first kappa shape index (κ1) is 17.2. The molecule has 2 rings (SSSR count). The largest absolute Gasteiger partial charge is 0.507 e. The minimum absolute atomic E-state index is 0.0640. The highest BCUT2D eigenvalue weighted by Crippen LogP contribution is 2.12. The topological polar surface area (TPSA) is 99.0 Å². The Bertz CT molecular complexity index is 729. The lowest BCUT2D eigenvalue weighted by Crippen LogP contribution is -2.43. The number of amides is 1. The highest BCUT2D eigenvalue weighted by atomic mass is 16.4. The third-order valence-electron chi connectivity index (χ3n) is 3.32. The molecule has 6 heteroatoms. The Labute approximate surface area is 139 Å². The number of benzene rings is 2. The minimum atomic E-state index is -1.10. The van der Waals surface area contributed by atoms with Gasteiger partial charge in [0.05, 0.1) is 0 Å². The molecule has 124 valence electrons. The molecule has 0 aliphatic heterocycles. The quantitative estimate of drug-likeness (QED) is 0.673. The van der Waals surface area contributed by atoms with Crippen molar-refractivity contribution in [3.8, 4) is 5.75 Å². The van der Waals surface area contributed by atoms with E-state index >= 15 is 0 Å². The summed E-state index contributed by atoms with van der Waals surface area (Å²) in [5.74, 6) is -1.53. The highest BCUT2D eigenvalue weighted by Gasteiger charge is 2.19. The number of hydrogen-bond donors (Lipinski definition) is 3. The number of para-hydroxylation sites is 1. The van der Waals surface area contributed by atoms with E-state index in [2.05, 4.69) is 10.3 Å². The number of carboxylic acid groups (broad SMARTS) is 1. The van der Waals surface area contributed by atoms with Gasteiger partial charge in [0, 0.05) is 18.2 Å². The maximum absolute atomic E-state index is 11.9. The molecule has 0 saturated carbocycles. The van der Waals surface area contributed by atoms with Crippen LogP contribution in [0.25, 0.3) is 0 Å². The van der Waals surface area contributed by atoms with Crippen LogP contribution in [0.15, 0.2) is 59.6 Å². The van der Waals surface area contributed by atoms with Gasteiger partial charge >= 0.3 is 5.97 Å². The van der Waals surface area contributed by atoms with Gasteiger partial charge in [-0.3, -0.25) is 9.79 Å². The summed E-state index contributed by atoms with van der Waals surface area (Å²) in [6, 6.07) is 14.7. The van der Waals surface area contributed by atoms with E-state index in [4.69, 9.17) is 0 Å². The molecule has 24 heavy (non-hydrogen) atoms. The summed E-state index contributed by atoms with van der Waals surface area (Å²) in [5, 5.41) is 21.3. The normalized spacial score (nSPS) is 12.0. The van der Waals surface area contributed by atoms with Gasteiger partial charge in [-0.15, -0.1) is 0 Å². The van der Waals surface area contributed by atoms with Gasteiger partial charge in [-0.1, -0.05) is 42.5 Å². The van der Waals surface area contributed by atoms with Gasteiger partial charge in [-0.2, -0.15) is 0 Å². The molecule has 0 fully saturated rings. The summed E-state index contributed by atoms with van der Waals surface area (Å²) in [5.41, 5.74) is 1.31. The zero-order valence-electron chi connectivity index (χ0n) is 12.9. The number of phenolic OH excluding ortho intramolecular Hbond substituents is 1. The number of aliphatic imine (C=N–C) groups is 1. The van der Waals surface area contributed by atoms with E-state index in [0.29, 0.717) is 5.56 Å². The number of nitrogens with one attached hydrogen (secondary N) is 1. The van der Waals surface area contributed by atoms with Crippen LogP contribution in [-0.4, -0.2) is 40.9 Å². The van der Waals surface area contributed by atoms with Crippen molar-refractivity contribution in [1.29, 1.82) is 0 Å². The van der Waals surface area contributed by atoms with Crippen LogP contribution in [0.2, 0.25) is 0 Å². The van der Waals surface area contributed by atoms with E-state index in [-0.39, 0.29) is 18.7 Å². The predicted octanol–water partition coefficient (Wildman–Crippen LogP) is 1.62. The number of carbonyl (C=O) groups excluding carboxylic acids is 1. The average Bonchev–Trinajstić information content (AvgIpc) is 2.57. The third-order valence-corrected chi connectivity index (χ3v) is 3.32. The van der Waals surface area contributed by atoms with Gasteiger partial charge in [0.25, 0.3) is 0 Å². The lowest BCUT2D eigenvalue weighted by molar-refractivity contribution is -0.141. The first-order valence-electron chi connectivity index (χ1n) is 7.40. The molecule has 0 radical (unpaired) electrons.